The SMILES string of the molecule is C=CCCc1ccc(CCC(F)(F)Oc2ccc(-c3ccc(F)c(F)c3)c(F)c2)c(F)c1F. The minimum absolute atomic E-state index is 0.0127. The van der Waals surface area contributed by atoms with Crippen LogP contribution >= 0.6 is 0 Å². The van der Waals surface area contributed by atoms with Gasteiger partial charge in [0.05, 0.1) is 6.42 Å². The van der Waals surface area contributed by atoms with E-state index in [1.54, 1.807) is 6.08 Å². The predicted octanol–water partition coefficient (Wildman–Crippen LogP) is 7.77. The second-order valence-corrected chi connectivity index (χ2v) is 7.35. The van der Waals surface area contributed by atoms with Crippen molar-refractivity contribution in [2.75, 3.05) is 0 Å². The van der Waals surface area contributed by atoms with Crippen molar-refractivity contribution < 1.29 is 35.5 Å². The lowest BCUT2D eigenvalue weighted by molar-refractivity contribution is -0.180. The number of halogens is 7. The van der Waals surface area contributed by atoms with Gasteiger partial charge in [-0.2, -0.15) is 8.78 Å². The quantitative estimate of drug-likeness (QED) is 0.230. The lowest BCUT2D eigenvalue weighted by Crippen LogP contribution is -2.25. The molecule has 174 valence electrons. The number of alkyl halides is 2. The Labute approximate surface area is 186 Å². The minimum atomic E-state index is -3.81. The Balaban J connectivity index is 1.69. The fourth-order valence-electron chi connectivity index (χ4n) is 3.23. The third-order valence-corrected chi connectivity index (χ3v) is 4.98. The molecule has 0 fully saturated rings. The van der Waals surface area contributed by atoms with Gasteiger partial charge in [0.1, 0.15) is 11.6 Å². The summed E-state index contributed by atoms with van der Waals surface area (Å²) in [6, 6.07) is 8.12. The molecule has 8 heteroatoms. The molecule has 0 amide bonds. The summed E-state index contributed by atoms with van der Waals surface area (Å²) in [5.41, 5.74) is -0.244. The summed E-state index contributed by atoms with van der Waals surface area (Å²) in [6.07, 6.45) is -3.09. The Bertz CT molecular complexity index is 1160. The van der Waals surface area contributed by atoms with Gasteiger partial charge in [0.2, 0.25) is 0 Å². The van der Waals surface area contributed by atoms with Crippen LogP contribution in [0, 0.1) is 29.1 Å². The van der Waals surface area contributed by atoms with Gasteiger partial charge in [0, 0.05) is 11.6 Å². The van der Waals surface area contributed by atoms with Crippen molar-refractivity contribution in [3.63, 3.8) is 0 Å². The Hall–Kier alpha value is -3.29. The molecule has 1 nitrogen and oxygen atoms in total. The molecular weight excluding hydrogens is 449 g/mol. The fourth-order valence-corrected chi connectivity index (χ4v) is 3.23. The zero-order valence-corrected chi connectivity index (χ0v) is 17.3. The molecule has 3 aromatic rings. The average molecular weight is 468 g/mol. The molecule has 0 N–H and O–H groups in total. The highest BCUT2D eigenvalue weighted by Gasteiger charge is 2.32. The van der Waals surface area contributed by atoms with Crippen LogP contribution in [0.2, 0.25) is 0 Å². The van der Waals surface area contributed by atoms with Crippen molar-refractivity contribution in [1.29, 1.82) is 0 Å². The second kappa shape index (κ2) is 10.1. The summed E-state index contributed by atoms with van der Waals surface area (Å²) in [5, 5.41) is 0. The summed E-state index contributed by atoms with van der Waals surface area (Å²) in [5.74, 6) is -6.09. The Kier molecular flexibility index (Phi) is 7.46. The first kappa shape index (κ1) is 24.4. The molecule has 0 aromatic heterocycles. The van der Waals surface area contributed by atoms with Crippen molar-refractivity contribution in [3.05, 3.63) is 101 Å². The van der Waals surface area contributed by atoms with Gasteiger partial charge in [-0.3, -0.25) is 0 Å². The molecule has 0 spiro atoms. The van der Waals surface area contributed by atoms with Crippen LogP contribution in [0.4, 0.5) is 30.7 Å². The van der Waals surface area contributed by atoms with Crippen LogP contribution in [-0.4, -0.2) is 6.11 Å². The zero-order chi connectivity index (χ0) is 24.2. The first-order valence-corrected chi connectivity index (χ1v) is 10.00. The first-order valence-electron chi connectivity index (χ1n) is 10.00. The van der Waals surface area contributed by atoms with Crippen LogP contribution in [-0.2, 0) is 12.8 Å². The maximum absolute atomic E-state index is 14.4. The number of benzene rings is 3. The molecule has 0 aliphatic carbocycles. The van der Waals surface area contributed by atoms with E-state index in [2.05, 4.69) is 11.3 Å². The third-order valence-electron chi connectivity index (χ3n) is 4.98. The van der Waals surface area contributed by atoms with Gasteiger partial charge < -0.3 is 4.74 Å². The Morgan fingerprint density at radius 1 is 0.758 bits per heavy atom. The van der Waals surface area contributed by atoms with Gasteiger partial charge in [-0.05, 0) is 60.2 Å². The van der Waals surface area contributed by atoms with Crippen LogP contribution < -0.4 is 4.74 Å². The number of ether oxygens (including phenoxy) is 1. The fraction of sp³-hybridized carbons (Fsp3) is 0.200. The molecule has 0 aliphatic heterocycles. The van der Waals surface area contributed by atoms with Crippen molar-refractivity contribution >= 4 is 0 Å². The summed E-state index contributed by atoms with van der Waals surface area (Å²) >= 11 is 0. The van der Waals surface area contributed by atoms with Gasteiger partial charge in [0.15, 0.2) is 23.3 Å². The number of hydrogen-bond acceptors (Lipinski definition) is 1. The van der Waals surface area contributed by atoms with Crippen LogP contribution in [0.1, 0.15) is 24.0 Å². The highest BCUT2D eigenvalue weighted by atomic mass is 19.3. The van der Waals surface area contributed by atoms with E-state index >= 15 is 0 Å². The molecule has 0 aliphatic rings. The van der Waals surface area contributed by atoms with Crippen molar-refractivity contribution in [1.82, 2.24) is 0 Å². The molecule has 0 heterocycles. The standard InChI is InChI=1S/C25H19F7O/c1-2-3-4-15-5-6-16(24(30)23(15)29)11-12-25(31,32)33-18-8-9-19(21(27)14-18)17-7-10-20(26)22(28)13-17/h2,5-10,13-14H,1,3-4,11-12H2. The molecule has 33 heavy (non-hydrogen) atoms. The van der Waals surface area contributed by atoms with Gasteiger partial charge in [-0.15, -0.1) is 6.58 Å². The van der Waals surface area contributed by atoms with E-state index < -0.39 is 53.8 Å². The second-order valence-electron chi connectivity index (χ2n) is 7.35. The van der Waals surface area contributed by atoms with Crippen LogP contribution in [0.3, 0.4) is 0 Å². The Morgan fingerprint density at radius 3 is 2.03 bits per heavy atom. The van der Waals surface area contributed by atoms with Crippen molar-refractivity contribution in [3.8, 4) is 16.9 Å². The summed E-state index contributed by atoms with van der Waals surface area (Å²) < 4.78 is 102. The van der Waals surface area contributed by atoms with Crippen LogP contribution in [0.15, 0.2) is 61.2 Å². The van der Waals surface area contributed by atoms with E-state index in [1.165, 1.54) is 12.1 Å². The van der Waals surface area contributed by atoms with Crippen LogP contribution in [0.5, 0.6) is 5.75 Å². The van der Waals surface area contributed by atoms with E-state index in [0.717, 1.165) is 30.3 Å². The van der Waals surface area contributed by atoms with Crippen LogP contribution in [0.25, 0.3) is 11.1 Å². The number of hydrogen-bond donors (Lipinski definition) is 0. The molecule has 0 atom stereocenters. The van der Waals surface area contributed by atoms with E-state index in [9.17, 15) is 30.7 Å². The average Bonchev–Trinajstić information content (AvgIpc) is 2.76. The van der Waals surface area contributed by atoms with E-state index in [-0.39, 0.29) is 28.7 Å². The third kappa shape index (κ3) is 5.94. The van der Waals surface area contributed by atoms with Crippen molar-refractivity contribution in [2.24, 2.45) is 0 Å². The molecule has 0 radical (unpaired) electrons. The number of allylic oxidation sites excluding steroid dienone is 1. The monoisotopic (exact) mass is 468 g/mol. The largest absolute Gasteiger partial charge is 0.432 e. The van der Waals surface area contributed by atoms with Crippen molar-refractivity contribution in [2.45, 2.75) is 31.8 Å². The smallest absolute Gasteiger partial charge is 0.398 e. The van der Waals surface area contributed by atoms with E-state index in [1.807, 2.05) is 0 Å². The number of rotatable bonds is 9. The lowest BCUT2D eigenvalue weighted by Gasteiger charge is -2.19. The summed E-state index contributed by atoms with van der Waals surface area (Å²) in [6.45, 7) is 3.50. The molecule has 0 saturated heterocycles. The molecular formula is C25H19F7O. The summed E-state index contributed by atoms with van der Waals surface area (Å²) in [7, 11) is 0. The zero-order valence-electron chi connectivity index (χ0n) is 17.3. The van der Waals surface area contributed by atoms with E-state index in [0.29, 0.717) is 12.5 Å². The topological polar surface area (TPSA) is 9.23 Å². The van der Waals surface area contributed by atoms with Gasteiger partial charge in [-0.1, -0.05) is 24.3 Å². The maximum atomic E-state index is 14.4. The molecule has 0 unspecified atom stereocenters. The summed E-state index contributed by atoms with van der Waals surface area (Å²) in [4.78, 5) is 0. The first-order chi connectivity index (χ1) is 15.6. The molecule has 3 rings (SSSR count). The molecule has 0 bridgehead atoms. The highest BCUT2D eigenvalue weighted by molar-refractivity contribution is 5.65. The number of aryl methyl sites for hydroxylation is 2. The molecule has 3 aromatic carbocycles. The normalized spacial score (nSPS) is 11.5. The highest BCUT2D eigenvalue weighted by Crippen LogP contribution is 2.32. The maximum Gasteiger partial charge on any atom is 0.398 e. The van der Waals surface area contributed by atoms with Gasteiger partial charge in [-0.25, -0.2) is 22.0 Å². The van der Waals surface area contributed by atoms with E-state index in [4.69, 9.17) is 0 Å². The Morgan fingerprint density at radius 2 is 1.42 bits per heavy atom. The lowest BCUT2D eigenvalue weighted by atomic mass is 10.0. The van der Waals surface area contributed by atoms with Gasteiger partial charge in [0.25, 0.3) is 0 Å². The minimum Gasteiger partial charge on any atom is -0.432 e. The van der Waals surface area contributed by atoms with Gasteiger partial charge >= 0.3 is 6.11 Å². The predicted molar refractivity (Wildman–Crippen MR) is 111 cm³/mol. The molecule has 0 saturated carbocycles.